The van der Waals surface area contributed by atoms with Gasteiger partial charge in [0.25, 0.3) is 0 Å². The van der Waals surface area contributed by atoms with E-state index in [-0.39, 0.29) is 11.3 Å². The molecule has 0 fully saturated rings. The Balaban J connectivity index is 2.65. The Morgan fingerprint density at radius 1 is 1.07 bits per heavy atom. The van der Waals surface area contributed by atoms with Gasteiger partial charge >= 0.3 is 0 Å². The van der Waals surface area contributed by atoms with Crippen molar-refractivity contribution in [1.29, 1.82) is 0 Å². The van der Waals surface area contributed by atoms with Crippen LogP contribution >= 0.6 is 0 Å². The zero-order valence-electron chi connectivity index (χ0n) is 7.74. The number of aromatic nitrogens is 1. The molecule has 1 aromatic heterocycles. The second-order valence-electron chi connectivity index (χ2n) is 3.04. The standard InChI is InChI=1S/C11H8F2N2/c12-8-4-1-3-7(10(8)13)11-9(14)5-2-6-15-11/h1-6H,14H2. The van der Waals surface area contributed by atoms with Crippen molar-refractivity contribution in [3.05, 3.63) is 48.2 Å². The molecule has 2 N–H and O–H groups in total. The lowest BCUT2D eigenvalue weighted by atomic mass is 10.1. The largest absolute Gasteiger partial charge is 0.397 e. The van der Waals surface area contributed by atoms with Crippen LogP contribution in [0.3, 0.4) is 0 Å². The van der Waals surface area contributed by atoms with E-state index in [1.165, 1.54) is 18.3 Å². The Hall–Kier alpha value is -1.97. The van der Waals surface area contributed by atoms with Crippen LogP contribution in [0.2, 0.25) is 0 Å². The van der Waals surface area contributed by atoms with Gasteiger partial charge in [-0.15, -0.1) is 0 Å². The minimum atomic E-state index is -0.928. The zero-order chi connectivity index (χ0) is 10.8. The highest BCUT2D eigenvalue weighted by molar-refractivity contribution is 5.72. The van der Waals surface area contributed by atoms with E-state index in [0.717, 1.165) is 6.07 Å². The summed E-state index contributed by atoms with van der Waals surface area (Å²) in [6.45, 7) is 0. The van der Waals surface area contributed by atoms with Crippen LogP contribution in [-0.2, 0) is 0 Å². The summed E-state index contributed by atoms with van der Waals surface area (Å²) in [6.07, 6.45) is 1.48. The molecule has 0 radical (unpaired) electrons. The summed E-state index contributed by atoms with van der Waals surface area (Å²) in [6, 6.07) is 7.14. The lowest BCUT2D eigenvalue weighted by Crippen LogP contribution is -1.96. The first-order valence-corrected chi connectivity index (χ1v) is 4.35. The molecule has 0 spiro atoms. The van der Waals surface area contributed by atoms with Crippen molar-refractivity contribution in [3.8, 4) is 11.3 Å². The topological polar surface area (TPSA) is 38.9 Å². The average molecular weight is 206 g/mol. The van der Waals surface area contributed by atoms with E-state index in [4.69, 9.17) is 5.73 Å². The number of rotatable bonds is 1. The number of nitrogen functional groups attached to an aromatic ring is 1. The third kappa shape index (κ3) is 1.66. The molecule has 0 atom stereocenters. The number of anilines is 1. The summed E-state index contributed by atoms with van der Waals surface area (Å²) in [4.78, 5) is 3.92. The summed E-state index contributed by atoms with van der Waals surface area (Å²) in [5, 5.41) is 0. The molecule has 0 aliphatic rings. The van der Waals surface area contributed by atoms with Crippen molar-refractivity contribution >= 4 is 5.69 Å². The molecule has 0 amide bonds. The highest BCUT2D eigenvalue weighted by Gasteiger charge is 2.12. The van der Waals surface area contributed by atoms with E-state index in [0.29, 0.717) is 5.69 Å². The number of benzene rings is 1. The van der Waals surface area contributed by atoms with Crippen molar-refractivity contribution in [1.82, 2.24) is 4.98 Å². The molecule has 0 saturated carbocycles. The Kier molecular flexibility index (Phi) is 2.33. The SMILES string of the molecule is Nc1cccnc1-c1cccc(F)c1F. The second kappa shape index (κ2) is 3.65. The van der Waals surface area contributed by atoms with Gasteiger partial charge in [0, 0.05) is 11.8 Å². The maximum absolute atomic E-state index is 13.4. The quantitative estimate of drug-likeness (QED) is 0.778. The van der Waals surface area contributed by atoms with Gasteiger partial charge in [-0.25, -0.2) is 8.78 Å². The fourth-order valence-electron chi connectivity index (χ4n) is 1.33. The van der Waals surface area contributed by atoms with Gasteiger partial charge in [0.1, 0.15) is 0 Å². The van der Waals surface area contributed by atoms with Gasteiger partial charge in [0.2, 0.25) is 0 Å². The summed E-state index contributed by atoms with van der Waals surface area (Å²) >= 11 is 0. The summed E-state index contributed by atoms with van der Waals surface area (Å²) in [5.41, 5.74) is 6.28. The molecule has 0 saturated heterocycles. The summed E-state index contributed by atoms with van der Waals surface area (Å²) in [7, 11) is 0. The molecule has 1 heterocycles. The van der Waals surface area contributed by atoms with Crippen LogP contribution in [0.4, 0.5) is 14.5 Å². The van der Waals surface area contributed by atoms with E-state index in [9.17, 15) is 8.78 Å². The van der Waals surface area contributed by atoms with Crippen molar-refractivity contribution in [2.75, 3.05) is 5.73 Å². The molecule has 0 aliphatic heterocycles. The molecule has 4 heteroatoms. The first-order valence-electron chi connectivity index (χ1n) is 4.35. The maximum atomic E-state index is 13.4. The van der Waals surface area contributed by atoms with Crippen LogP contribution in [0.5, 0.6) is 0 Å². The van der Waals surface area contributed by atoms with Crippen LogP contribution in [0, 0.1) is 11.6 Å². The van der Waals surface area contributed by atoms with Crippen LogP contribution in [0.15, 0.2) is 36.5 Å². The molecule has 15 heavy (non-hydrogen) atoms. The first-order chi connectivity index (χ1) is 7.20. The predicted molar refractivity (Wildman–Crippen MR) is 54.0 cm³/mol. The third-order valence-corrected chi connectivity index (χ3v) is 2.05. The highest BCUT2D eigenvalue weighted by Crippen LogP contribution is 2.26. The number of nitrogens with zero attached hydrogens (tertiary/aromatic N) is 1. The number of halogens is 2. The third-order valence-electron chi connectivity index (χ3n) is 2.05. The minimum absolute atomic E-state index is 0.0769. The molecule has 1 aromatic carbocycles. The van der Waals surface area contributed by atoms with Crippen LogP contribution in [-0.4, -0.2) is 4.98 Å². The lowest BCUT2D eigenvalue weighted by Gasteiger charge is -2.05. The van der Waals surface area contributed by atoms with Gasteiger partial charge in [-0.2, -0.15) is 0 Å². The number of nitrogens with two attached hydrogens (primary N) is 1. The fraction of sp³-hybridized carbons (Fsp3) is 0. The van der Waals surface area contributed by atoms with E-state index in [1.807, 2.05) is 0 Å². The Labute approximate surface area is 85.4 Å². The van der Waals surface area contributed by atoms with Crippen molar-refractivity contribution in [2.24, 2.45) is 0 Å². The molecule has 0 bridgehead atoms. The molecule has 2 aromatic rings. The van der Waals surface area contributed by atoms with E-state index >= 15 is 0 Å². The first kappa shape index (κ1) is 9.58. The molecule has 2 nitrogen and oxygen atoms in total. The van der Waals surface area contributed by atoms with Gasteiger partial charge in [0.15, 0.2) is 11.6 Å². The van der Waals surface area contributed by atoms with E-state index in [1.54, 1.807) is 12.1 Å². The minimum Gasteiger partial charge on any atom is -0.397 e. The van der Waals surface area contributed by atoms with E-state index in [2.05, 4.69) is 4.98 Å². The Morgan fingerprint density at radius 2 is 1.87 bits per heavy atom. The highest BCUT2D eigenvalue weighted by atomic mass is 19.2. The normalized spacial score (nSPS) is 10.3. The molecular weight excluding hydrogens is 198 g/mol. The number of pyridine rings is 1. The average Bonchev–Trinajstić information content (AvgIpc) is 2.23. The van der Waals surface area contributed by atoms with E-state index < -0.39 is 11.6 Å². The van der Waals surface area contributed by atoms with Crippen LogP contribution < -0.4 is 5.73 Å². The number of hydrogen-bond donors (Lipinski definition) is 1. The Bertz CT molecular complexity index is 498. The van der Waals surface area contributed by atoms with Crippen LogP contribution in [0.1, 0.15) is 0 Å². The van der Waals surface area contributed by atoms with Gasteiger partial charge in [0.05, 0.1) is 11.4 Å². The van der Waals surface area contributed by atoms with Crippen molar-refractivity contribution in [2.45, 2.75) is 0 Å². The Morgan fingerprint density at radius 3 is 2.60 bits per heavy atom. The van der Waals surface area contributed by atoms with Gasteiger partial charge in [-0.05, 0) is 24.3 Å². The molecule has 2 rings (SSSR count). The molecule has 76 valence electrons. The van der Waals surface area contributed by atoms with Gasteiger partial charge in [-0.3, -0.25) is 4.98 Å². The fourth-order valence-corrected chi connectivity index (χ4v) is 1.33. The zero-order valence-corrected chi connectivity index (χ0v) is 7.74. The van der Waals surface area contributed by atoms with Crippen molar-refractivity contribution in [3.63, 3.8) is 0 Å². The smallest absolute Gasteiger partial charge is 0.168 e. The lowest BCUT2D eigenvalue weighted by molar-refractivity contribution is 0.511. The summed E-state index contributed by atoms with van der Waals surface area (Å²) in [5.74, 6) is -1.83. The van der Waals surface area contributed by atoms with Gasteiger partial charge < -0.3 is 5.73 Å². The second-order valence-corrected chi connectivity index (χ2v) is 3.04. The summed E-state index contributed by atoms with van der Waals surface area (Å²) < 4.78 is 26.3. The maximum Gasteiger partial charge on any atom is 0.168 e. The van der Waals surface area contributed by atoms with Crippen LogP contribution in [0.25, 0.3) is 11.3 Å². The molecule has 0 unspecified atom stereocenters. The van der Waals surface area contributed by atoms with Gasteiger partial charge in [-0.1, -0.05) is 6.07 Å². The molecule has 0 aliphatic carbocycles. The van der Waals surface area contributed by atoms with Crippen molar-refractivity contribution < 1.29 is 8.78 Å². The monoisotopic (exact) mass is 206 g/mol. The number of hydrogen-bond acceptors (Lipinski definition) is 2. The molecular formula is C11H8F2N2. The predicted octanol–water partition coefficient (Wildman–Crippen LogP) is 2.61.